The van der Waals surface area contributed by atoms with E-state index in [0.29, 0.717) is 5.89 Å². The van der Waals surface area contributed by atoms with Crippen molar-refractivity contribution in [1.29, 1.82) is 0 Å². The summed E-state index contributed by atoms with van der Waals surface area (Å²) in [6, 6.07) is 10.6. The van der Waals surface area contributed by atoms with Crippen LogP contribution in [0.4, 0.5) is 14.9 Å². The fraction of sp³-hybridized carbons (Fsp3) is 0.158. The lowest BCUT2D eigenvalue weighted by Gasteiger charge is -2.06. The summed E-state index contributed by atoms with van der Waals surface area (Å²) in [6.07, 6.45) is 0. The molecule has 3 amide bonds. The van der Waals surface area contributed by atoms with Crippen molar-refractivity contribution in [3.8, 4) is 11.5 Å². The topological polar surface area (TPSA) is 97.1 Å². The summed E-state index contributed by atoms with van der Waals surface area (Å²) >= 11 is 0.996. The van der Waals surface area contributed by atoms with Crippen LogP contribution in [-0.4, -0.2) is 27.9 Å². The number of carbonyl (C=O) groups excluding carboxylic acids is 2. The van der Waals surface area contributed by atoms with Crippen molar-refractivity contribution in [1.82, 2.24) is 15.5 Å². The number of anilines is 1. The molecule has 0 spiro atoms. The normalized spacial score (nSPS) is 10.5. The lowest BCUT2D eigenvalue weighted by molar-refractivity contribution is -0.117. The molecule has 2 N–H and O–H groups in total. The van der Waals surface area contributed by atoms with Gasteiger partial charge < -0.3 is 9.73 Å². The van der Waals surface area contributed by atoms with Crippen LogP contribution in [0.25, 0.3) is 11.5 Å². The number of urea groups is 1. The first-order valence-electron chi connectivity index (χ1n) is 8.31. The second kappa shape index (κ2) is 8.66. The van der Waals surface area contributed by atoms with Crippen molar-refractivity contribution in [2.45, 2.75) is 19.1 Å². The number of benzene rings is 2. The van der Waals surface area contributed by atoms with Crippen molar-refractivity contribution in [3.05, 3.63) is 59.4 Å². The molecule has 0 aliphatic rings. The Morgan fingerprint density at radius 3 is 2.64 bits per heavy atom. The van der Waals surface area contributed by atoms with E-state index in [2.05, 4.69) is 20.8 Å². The molecular weight excluding hydrogens is 383 g/mol. The van der Waals surface area contributed by atoms with Gasteiger partial charge in [0, 0.05) is 5.56 Å². The maximum Gasteiger partial charge on any atom is 0.325 e. The number of hydrogen-bond acceptors (Lipinski definition) is 6. The van der Waals surface area contributed by atoms with Crippen LogP contribution < -0.4 is 10.6 Å². The second-order valence-electron chi connectivity index (χ2n) is 5.94. The smallest absolute Gasteiger partial charge is 0.325 e. The molecule has 144 valence electrons. The standard InChI is InChI=1S/C19H17FN4O3S/c1-11-7-8-13(9-12(11)2)17-23-24-19(27-17)28-10-16(25)22-18(26)21-15-6-4-3-5-14(15)20/h3-9H,10H2,1-2H3,(H2,21,22,25,26). The molecule has 3 rings (SSSR count). The average molecular weight is 400 g/mol. The molecule has 1 aromatic heterocycles. The molecule has 1 heterocycles. The number of carbonyl (C=O) groups is 2. The monoisotopic (exact) mass is 400 g/mol. The highest BCUT2D eigenvalue weighted by Crippen LogP contribution is 2.24. The molecule has 0 atom stereocenters. The summed E-state index contributed by atoms with van der Waals surface area (Å²) in [5.74, 6) is -0.934. The van der Waals surface area contributed by atoms with Crippen LogP contribution in [0.1, 0.15) is 11.1 Å². The van der Waals surface area contributed by atoms with Crippen molar-refractivity contribution in [3.63, 3.8) is 0 Å². The zero-order valence-corrected chi connectivity index (χ0v) is 16.0. The van der Waals surface area contributed by atoms with Crippen molar-refractivity contribution in [2.75, 3.05) is 11.1 Å². The van der Waals surface area contributed by atoms with E-state index in [1.54, 1.807) is 6.07 Å². The van der Waals surface area contributed by atoms with Gasteiger partial charge >= 0.3 is 6.03 Å². The molecule has 0 fully saturated rings. The average Bonchev–Trinajstić information content (AvgIpc) is 3.13. The first kappa shape index (κ1) is 19.6. The lowest BCUT2D eigenvalue weighted by Crippen LogP contribution is -2.35. The minimum absolute atomic E-state index is 0.0182. The minimum Gasteiger partial charge on any atom is -0.411 e. The predicted octanol–water partition coefficient (Wildman–Crippen LogP) is 3.93. The van der Waals surface area contributed by atoms with Gasteiger partial charge in [0.2, 0.25) is 11.8 Å². The van der Waals surface area contributed by atoms with Gasteiger partial charge in [-0.1, -0.05) is 30.0 Å². The Balaban J connectivity index is 1.52. The number of nitrogens with one attached hydrogen (secondary N) is 2. The number of aryl methyl sites for hydroxylation is 2. The molecule has 0 aliphatic carbocycles. The third kappa shape index (κ3) is 4.95. The molecule has 0 saturated carbocycles. The van der Waals surface area contributed by atoms with Crippen LogP contribution in [-0.2, 0) is 4.79 Å². The highest BCUT2D eigenvalue weighted by molar-refractivity contribution is 7.99. The zero-order valence-electron chi connectivity index (χ0n) is 15.2. The predicted molar refractivity (Wildman–Crippen MR) is 103 cm³/mol. The molecule has 0 saturated heterocycles. The largest absolute Gasteiger partial charge is 0.411 e. The quantitative estimate of drug-likeness (QED) is 0.630. The summed E-state index contributed by atoms with van der Waals surface area (Å²) in [7, 11) is 0. The fourth-order valence-electron chi connectivity index (χ4n) is 2.27. The molecule has 7 nitrogen and oxygen atoms in total. The summed E-state index contributed by atoms with van der Waals surface area (Å²) in [5, 5.41) is 12.4. The summed E-state index contributed by atoms with van der Waals surface area (Å²) in [4.78, 5) is 23.6. The van der Waals surface area contributed by atoms with Gasteiger partial charge in [0.25, 0.3) is 5.22 Å². The van der Waals surface area contributed by atoms with E-state index in [1.807, 2.05) is 32.0 Å². The highest BCUT2D eigenvalue weighted by Gasteiger charge is 2.14. The molecule has 28 heavy (non-hydrogen) atoms. The Kier molecular flexibility index (Phi) is 6.05. The van der Waals surface area contributed by atoms with Gasteiger partial charge in [0.05, 0.1) is 11.4 Å². The molecule has 0 unspecified atom stereocenters. The first-order chi connectivity index (χ1) is 13.4. The van der Waals surface area contributed by atoms with Crippen molar-refractivity contribution < 1.29 is 18.4 Å². The molecular formula is C19H17FN4O3S. The van der Waals surface area contributed by atoms with Gasteiger partial charge in [0.1, 0.15) is 5.82 Å². The molecule has 0 radical (unpaired) electrons. The number of aromatic nitrogens is 2. The number of halogens is 1. The van der Waals surface area contributed by atoms with Crippen molar-refractivity contribution >= 4 is 29.4 Å². The molecule has 2 aromatic carbocycles. The second-order valence-corrected chi connectivity index (χ2v) is 6.87. The van der Waals surface area contributed by atoms with E-state index in [-0.39, 0.29) is 16.7 Å². The number of hydrogen-bond donors (Lipinski definition) is 2. The third-order valence-corrected chi connectivity index (χ3v) is 4.68. The van der Waals surface area contributed by atoms with Crippen LogP contribution in [0.5, 0.6) is 0 Å². The maximum atomic E-state index is 13.5. The molecule has 9 heteroatoms. The Labute approximate surface area is 164 Å². The van der Waals surface area contributed by atoms with Crippen LogP contribution in [0.3, 0.4) is 0 Å². The third-order valence-electron chi connectivity index (χ3n) is 3.86. The molecule has 3 aromatic rings. The van der Waals surface area contributed by atoms with Gasteiger partial charge in [-0.2, -0.15) is 0 Å². The van der Waals surface area contributed by atoms with Gasteiger partial charge in [-0.25, -0.2) is 9.18 Å². The fourth-order valence-corrected chi connectivity index (χ4v) is 2.83. The van der Waals surface area contributed by atoms with E-state index < -0.39 is 17.8 Å². The van der Waals surface area contributed by atoms with Crippen LogP contribution in [0.15, 0.2) is 52.1 Å². The summed E-state index contributed by atoms with van der Waals surface area (Å²) in [6.45, 7) is 4.00. The number of amides is 3. The number of imide groups is 1. The Morgan fingerprint density at radius 2 is 1.89 bits per heavy atom. The number of thioether (sulfide) groups is 1. The van der Waals surface area contributed by atoms with Gasteiger partial charge in [-0.3, -0.25) is 10.1 Å². The van der Waals surface area contributed by atoms with Gasteiger partial charge in [0.15, 0.2) is 0 Å². The number of nitrogens with zero attached hydrogens (tertiary/aromatic N) is 2. The Bertz CT molecular complexity index is 1020. The van der Waals surface area contributed by atoms with E-state index in [9.17, 15) is 14.0 Å². The molecule has 0 bridgehead atoms. The van der Waals surface area contributed by atoms with E-state index >= 15 is 0 Å². The first-order valence-corrected chi connectivity index (χ1v) is 9.30. The Hall–Kier alpha value is -3.20. The van der Waals surface area contributed by atoms with E-state index in [1.165, 1.54) is 18.2 Å². The minimum atomic E-state index is -0.822. The van der Waals surface area contributed by atoms with Crippen LogP contribution in [0, 0.1) is 19.7 Å². The van der Waals surface area contributed by atoms with Crippen LogP contribution in [0.2, 0.25) is 0 Å². The summed E-state index contributed by atoms with van der Waals surface area (Å²) < 4.78 is 19.0. The van der Waals surface area contributed by atoms with Crippen molar-refractivity contribution in [2.24, 2.45) is 0 Å². The maximum absolute atomic E-state index is 13.5. The van der Waals surface area contributed by atoms with E-state index in [4.69, 9.17) is 4.42 Å². The summed E-state index contributed by atoms with van der Waals surface area (Å²) in [5.41, 5.74) is 3.03. The number of rotatable bonds is 5. The molecule has 0 aliphatic heterocycles. The Morgan fingerprint density at radius 1 is 1.11 bits per heavy atom. The number of para-hydroxylation sites is 1. The highest BCUT2D eigenvalue weighted by atomic mass is 32.2. The van der Waals surface area contributed by atoms with E-state index in [0.717, 1.165) is 28.5 Å². The van der Waals surface area contributed by atoms with Crippen LogP contribution >= 0.6 is 11.8 Å². The lowest BCUT2D eigenvalue weighted by atomic mass is 10.1. The zero-order chi connectivity index (χ0) is 20.1. The SMILES string of the molecule is Cc1ccc(-c2nnc(SCC(=O)NC(=O)Nc3ccccc3F)o2)cc1C. The van der Waals surface area contributed by atoms with Gasteiger partial charge in [-0.05, 0) is 49.2 Å². The van der Waals surface area contributed by atoms with Gasteiger partial charge in [-0.15, -0.1) is 10.2 Å².